The fourth-order valence-electron chi connectivity index (χ4n) is 7.66. The number of carboxylic acid groups (broad SMARTS) is 1. The number of alkyl carbamates (subject to hydrolysis) is 1. The number of Topliss-reactive ketones (excluding diaryl/α,β-unsaturated/α-hetero) is 3. The van der Waals surface area contributed by atoms with Gasteiger partial charge >= 0.3 is 29.7 Å². The summed E-state index contributed by atoms with van der Waals surface area (Å²) in [6.45, 7) is 15.9. The van der Waals surface area contributed by atoms with E-state index in [9.17, 15) is 38.7 Å². The molecule has 0 fully saturated rings. The van der Waals surface area contributed by atoms with Crippen LogP contribution < -0.4 is 5.32 Å². The van der Waals surface area contributed by atoms with Gasteiger partial charge in [0.25, 0.3) is 0 Å². The number of aryl methyl sites for hydroxylation is 6. The summed E-state index contributed by atoms with van der Waals surface area (Å²) >= 11 is 19.0. The van der Waals surface area contributed by atoms with Crippen molar-refractivity contribution in [1.82, 2.24) is 5.32 Å². The van der Waals surface area contributed by atoms with E-state index < -0.39 is 47.4 Å². The minimum absolute atomic E-state index is 0. The number of ketones is 3. The average molecular weight is 2310 g/mol. The zero-order valence-corrected chi connectivity index (χ0v) is 93.3. The Kier molecular flexibility index (Phi) is 78.2. The van der Waals surface area contributed by atoms with Gasteiger partial charge in [0, 0.05) is 357 Å². The first-order chi connectivity index (χ1) is 56.6. The van der Waals surface area contributed by atoms with Crippen molar-refractivity contribution in [3.05, 3.63) is 219 Å². The van der Waals surface area contributed by atoms with E-state index in [1.807, 2.05) is 148 Å². The second kappa shape index (κ2) is 78.5. The molecule has 2 atom stereocenters. The predicted molar refractivity (Wildman–Crippen MR) is 591 cm³/mol. The van der Waals surface area contributed by atoms with Gasteiger partial charge in [0.1, 0.15) is 23.9 Å². The summed E-state index contributed by atoms with van der Waals surface area (Å²) in [6.07, 6.45) is -0.205. The molecule has 6 aromatic carbocycles. The summed E-state index contributed by atoms with van der Waals surface area (Å²) in [7, 11) is 56.2. The van der Waals surface area contributed by atoms with Crippen molar-refractivity contribution in [2.75, 3.05) is 6.54 Å². The number of nitrogens with one attached hydrogen (secondary N) is 1. The Labute approximate surface area is 810 Å². The molecular formula is C67H81N3O12S37. The molecule has 0 aromatic heterocycles. The maximum atomic E-state index is 12.9. The number of benzene rings is 6. The summed E-state index contributed by atoms with van der Waals surface area (Å²) in [5.74, 6) is -2.65. The van der Waals surface area contributed by atoms with Gasteiger partial charge in [-0.15, -0.1) is 0 Å². The SMILES string of the molecule is C.CC(C)(C)OC(=O)CCC(=O)O.Cc1ccc(C(=[N+]=[N-])C(=O)CCc2ccccc2)cc1.Cc1ccc(C(O)C(=O)CCc2ccccc2)cc1.Cc1ccc(C(OC(=O)CNC(=O)OC(C)(C)C)C(=O)CCc2ccccc2)cc1.S=S=S=S=S=S=S=S=S=S=S=S=S=S=S=S=S=S.S=S=S=S=S=S=S=S=S=S=S=S=S=S=S=S=S=S=S. The molecular weight excluding hydrogens is 2230 g/mol. The molecule has 3 N–H and O–H groups in total. The Morgan fingerprint density at radius 2 is 0.697 bits per heavy atom. The van der Waals surface area contributed by atoms with E-state index in [2.05, 4.69) is 10.1 Å². The highest BCUT2D eigenvalue weighted by molar-refractivity contribution is 8.79. The number of nitrogens with zero attached hydrogens (tertiary/aromatic N) is 2. The van der Waals surface area contributed by atoms with Gasteiger partial charge in [-0.1, -0.05) is 176 Å². The number of carbonyl (C=O) groups excluding carboxylic acids is 6. The van der Waals surface area contributed by atoms with Crippen LogP contribution >= 0.6 is 0 Å². The zero-order chi connectivity index (χ0) is 87.3. The van der Waals surface area contributed by atoms with Crippen molar-refractivity contribution in [3.63, 3.8) is 0 Å². The number of rotatable bonds is 21. The van der Waals surface area contributed by atoms with Crippen LogP contribution in [0, 0.1) is 20.8 Å². The van der Waals surface area contributed by atoms with Crippen LogP contribution in [0.2, 0.25) is 0 Å². The maximum Gasteiger partial charge on any atom is 0.408 e. The van der Waals surface area contributed by atoms with Crippen molar-refractivity contribution in [2.45, 2.75) is 145 Å². The Morgan fingerprint density at radius 1 is 0.395 bits per heavy atom. The van der Waals surface area contributed by atoms with E-state index in [0.717, 1.165) is 33.4 Å². The number of hydrogen-bond acceptors (Lipinski definition) is 15. The van der Waals surface area contributed by atoms with Crippen LogP contribution in [-0.4, -0.2) is 79.8 Å². The molecule has 0 aliphatic heterocycles. The Bertz CT molecular complexity index is 5870. The molecule has 6 aromatic rings. The van der Waals surface area contributed by atoms with Crippen molar-refractivity contribution in [3.8, 4) is 0 Å². The van der Waals surface area contributed by atoms with Crippen LogP contribution in [0.25, 0.3) is 5.53 Å². The monoisotopic (exact) mass is 2300 g/mol. The average Bonchev–Trinajstić information content (AvgIpc) is 0.855. The first-order valence-corrected chi connectivity index (χ1v) is 79.2. The molecule has 0 radical (unpaired) electrons. The normalized spacial score (nSPS) is 10.0. The van der Waals surface area contributed by atoms with E-state index in [4.69, 9.17) is 69.6 Å². The highest BCUT2D eigenvalue weighted by atomic mass is 33.5. The highest BCUT2D eigenvalue weighted by Crippen LogP contribution is 2.23. The summed E-state index contributed by atoms with van der Waals surface area (Å²) in [5.41, 5.74) is 16.4. The van der Waals surface area contributed by atoms with E-state index in [0.29, 0.717) is 48.8 Å². The topological polar surface area (TPSA) is 236 Å². The quantitative estimate of drug-likeness (QED) is 0.0200. The van der Waals surface area contributed by atoms with Gasteiger partial charge in [0.2, 0.25) is 5.78 Å². The lowest BCUT2D eigenvalue weighted by molar-refractivity contribution is -0.157. The van der Waals surface area contributed by atoms with Gasteiger partial charge in [0.15, 0.2) is 17.7 Å². The van der Waals surface area contributed by atoms with E-state index in [1.54, 1.807) is 335 Å². The van der Waals surface area contributed by atoms with Gasteiger partial charge in [-0.25, -0.2) is 4.79 Å². The Morgan fingerprint density at radius 3 is 1.01 bits per heavy atom. The third-order valence-corrected chi connectivity index (χ3v) is 81.3. The third-order valence-electron chi connectivity index (χ3n) is 12.4. The van der Waals surface area contributed by atoms with Crippen LogP contribution in [0.15, 0.2) is 164 Å². The van der Waals surface area contributed by atoms with Crippen LogP contribution in [0.1, 0.15) is 143 Å². The summed E-state index contributed by atoms with van der Waals surface area (Å²) in [5, 5.41) is 20.6. The molecule has 0 bridgehead atoms. The highest BCUT2D eigenvalue weighted by Gasteiger charge is 2.26. The minimum Gasteiger partial charge on any atom is -0.481 e. The second-order valence-corrected chi connectivity index (χ2v) is 81.7. The van der Waals surface area contributed by atoms with Gasteiger partial charge in [-0.2, -0.15) is 4.79 Å². The molecule has 0 heterocycles. The number of amides is 1. The maximum absolute atomic E-state index is 12.9. The molecule has 0 aliphatic rings. The molecule has 1 amide bonds. The first kappa shape index (κ1) is 118. The minimum atomic E-state index is -1.03. The molecule has 52 heteroatoms. The van der Waals surface area contributed by atoms with E-state index >= 15 is 0 Å². The van der Waals surface area contributed by atoms with Gasteiger partial charge in [-0.3, -0.25) is 28.8 Å². The van der Waals surface area contributed by atoms with Crippen LogP contribution in [0.5, 0.6) is 0 Å². The predicted octanol–water partition coefficient (Wildman–Crippen LogP) is 12.5. The number of aliphatic hydroxyl groups excluding tert-OH is 1. The molecule has 119 heavy (non-hydrogen) atoms. The van der Waals surface area contributed by atoms with Crippen LogP contribution in [-0.2, 0) is 400 Å². The number of aliphatic hydroxyl groups is 1. The van der Waals surface area contributed by atoms with Gasteiger partial charge in [-0.05, 0) is 122 Å². The number of esters is 2. The number of ether oxygens (including phenoxy) is 3. The molecule has 2 unspecified atom stereocenters. The molecule has 6 rings (SSSR count). The fourth-order valence-corrected chi connectivity index (χ4v) is 87.2. The number of carboxylic acids is 1. The largest absolute Gasteiger partial charge is 0.481 e. The summed E-state index contributed by atoms with van der Waals surface area (Å²) in [6, 6.07) is 51.4. The fraction of sp³-hybridized carbons (Fsp3) is 0.343. The standard InChI is InChI=1S/C24H29NO5.C17H16N2O.C17H18O2.C8H14O4.CH4.S19.S18/c1-17-10-13-19(14-11-17)22(20(26)15-12-18-8-6-5-7-9-18)29-21(27)16-25-23(28)30-24(2,3)4;1-13-7-10-15(11-8-13)17(19-18)16(20)12-9-14-5-3-2-4-6-14;1-13-7-10-15(11-8-13)17(19)16(18)12-9-14-5-3-2-4-6-14;1-8(2,3)12-7(11)5-4-6(9)10;;1-3-5-7-9-11-13-15-17-19-18-16-14-12-10-8-6-4-2;1-3-5-7-9-11-13-15-17-18-16-14-12-10-8-6-4-2/h5-11,13-14,22H,12,15-16H2,1-4H3,(H,25,28);2-8,10-11H,9,12H2,1H3;2-8,10-11,17,19H,9,12H2,1H3;4-5H2,1-3H3,(H,9,10);1H4;;. The molecule has 658 valence electrons. The van der Waals surface area contributed by atoms with E-state index in [1.165, 1.54) is 35.5 Å². The molecule has 0 aliphatic carbocycles. The molecule has 0 spiro atoms. The van der Waals surface area contributed by atoms with E-state index in [-0.39, 0.29) is 56.3 Å². The molecule has 0 saturated carbocycles. The van der Waals surface area contributed by atoms with Gasteiger partial charge in [0.05, 0.1) is 18.4 Å². The lowest BCUT2D eigenvalue weighted by Crippen LogP contribution is -2.36. The summed E-state index contributed by atoms with van der Waals surface area (Å²) in [4.78, 5) is 85.1. The van der Waals surface area contributed by atoms with Crippen LogP contribution in [0.3, 0.4) is 0 Å². The number of carbonyl (C=O) groups is 7. The zero-order valence-electron chi connectivity index (χ0n) is 63.1. The molecule has 15 nitrogen and oxygen atoms in total. The third kappa shape index (κ3) is 70.1. The van der Waals surface area contributed by atoms with Gasteiger partial charge < -0.3 is 35.3 Å². The van der Waals surface area contributed by atoms with Crippen molar-refractivity contribution >= 4 is 385 Å². The summed E-state index contributed by atoms with van der Waals surface area (Å²) < 4.78 is 15.4. The first-order valence-electron chi connectivity index (χ1n) is 32.6. The van der Waals surface area contributed by atoms with Crippen molar-refractivity contribution in [1.29, 1.82) is 0 Å². The van der Waals surface area contributed by atoms with Crippen molar-refractivity contribution < 1.29 is 62.8 Å². The second-order valence-electron chi connectivity index (χ2n) is 23.3. The van der Waals surface area contributed by atoms with Crippen LogP contribution in [0.4, 0.5) is 4.79 Å². The Balaban J connectivity index is 0.00000143. The lowest BCUT2D eigenvalue weighted by atomic mass is 9.99. The molecule has 0 saturated heterocycles. The lowest BCUT2D eigenvalue weighted by Gasteiger charge is -2.20. The smallest absolute Gasteiger partial charge is 0.408 e. The Hall–Kier alpha value is -0.510. The van der Waals surface area contributed by atoms with Crippen molar-refractivity contribution in [2.24, 2.45) is 0 Å². The number of aliphatic carboxylic acids is 1. The number of hydrogen-bond donors (Lipinski definition) is 3.